The average molecular weight is 235 g/mol. The van der Waals surface area contributed by atoms with E-state index < -0.39 is 11.4 Å². The van der Waals surface area contributed by atoms with Gasteiger partial charge in [-0.25, -0.2) is 0 Å². The number of aliphatic hydroxyl groups is 1. The minimum absolute atomic E-state index is 0.360. The van der Waals surface area contributed by atoms with E-state index in [9.17, 15) is 15.0 Å². The molecule has 1 aromatic heterocycles. The van der Waals surface area contributed by atoms with Gasteiger partial charge in [0.25, 0.3) is 0 Å². The number of nitrogens with zero attached hydrogens (tertiary/aromatic N) is 1. The highest BCUT2D eigenvalue weighted by Gasteiger charge is 2.43. The number of hydrogen-bond acceptors (Lipinski definition) is 3. The highest BCUT2D eigenvalue weighted by molar-refractivity contribution is 5.81. The van der Waals surface area contributed by atoms with Crippen LogP contribution < -0.4 is 0 Å². The molecule has 1 aliphatic rings. The molecule has 1 aliphatic carbocycles. The maximum Gasteiger partial charge on any atom is 0.314 e. The number of hydrogen-bond donors (Lipinski definition) is 2. The minimum Gasteiger partial charge on any atom is -0.481 e. The zero-order valence-corrected chi connectivity index (χ0v) is 9.89. The van der Waals surface area contributed by atoms with Gasteiger partial charge in [-0.3, -0.25) is 9.78 Å². The van der Waals surface area contributed by atoms with Gasteiger partial charge in [-0.15, -0.1) is 0 Å². The van der Waals surface area contributed by atoms with Crippen molar-refractivity contribution < 1.29 is 15.0 Å². The average Bonchev–Trinajstić information content (AvgIpc) is 2.31. The maximum absolute atomic E-state index is 11.6. The number of rotatable bonds is 2. The summed E-state index contributed by atoms with van der Waals surface area (Å²) in [5.74, 6) is -0.810. The second-order valence-electron chi connectivity index (χ2n) is 4.81. The van der Waals surface area contributed by atoms with Crippen molar-refractivity contribution in [3.05, 3.63) is 29.6 Å². The van der Waals surface area contributed by atoms with Crippen molar-refractivity contribution in [3.8, 4) is 0 Å². The predicted molar refractivity (Wildman–Crippen MR) is 62.8 cm³/mol. The molecule has 1 aromatic rings. The summed E-state index contributed by atoms with van der Waals surface area (Å²) >= 11 is 0. The molecule has 17 heavy (non-hydrogen) atoms. The summed E-state index contributed by atoms with van der Waals surface area (Å²) < 4.78 is 0. The highest BCUT2D eigenvalue weighted by atomic mass is 16.4. The Morgan fingerprint density at radius 2 is 2.06 bits per heavy atom. The van der Waals surface area contributed by atoms with E-state index in [0.717, 1.165) is 11.3 Å². The minimum atomic E-state index is -0.861. The van der Waals surface area contributed by atoms with Gasteiger partial charge >= 0.3 is 5.97 Å². The molecule has 1 saturated carbocycles. The summed E-state index contributed by atoms with van der Waals surface area (Å²) in [5.41, 5.74) is 0.771. The zero-order valence-electron chi connectivity index (χ0n) is 9.89. The molecule has 0 spiro atoms. The quantitative estimate of drug-likeness (QED) is 0.817. The largest absolute Gasteiger partial charge is 0.481 e. The van der Waals surface area contributed by atoms with Crippen LogP contribution in [0.5, 0.6) is 0 Å². The highest BCUT2D eigenvalue weighted by Crippen LogP contribution is 2.39. The van der Waals surface area contributed by atoms with Gasteiger partial charge in [0.1, 0.15) is 0 Å². The van der Waals surface area contributed by atoms with Gasteiger partial charge in [0, 0.05) is 11.9 Å². The molecule has 1 fully saturated rings. The second-order valence-corrected chi connectivity index (χ2v) is 4.81. The van der Waals surface area contributed by atoms with E-state index >= 15 is 0 Å². The zero-order chi connectivity index (χ0) is 12.5. The van der Waals surface area contributed by atoms with Crippen LogP contribution in [0, 0.1) is 6.92 Å². The van der Waals surface area contributed by atoms with Crippen molar-refractivity contribution in [2.75, 3.05) is 0 Å². The lowest BCUT2D eigenvalue weighted by molar-refractivity contribution is -0.146. The van der Waals surface area contributed by atoms with E-state index in [1.807, 2.05) is 19.1 Å². The molecule has 1 heterocycles. The summed E-state index contributed by atoms with van der Waals surface area (Å²) in [6, 6.07) is 3.68. The Hall–Kier alpha value is -1.42. The van der Waals surface area contributed by atoms with Crippen molar-refractivity contribution >= 4 is 5.97 Å². The normalized spacial score (nSPS) is 28.9. The number of aliphatic carboxylic acids is 1. The summed E-state index contributed by atoms with van der Waals surface area (Å²) in [5, 5.41) is 19.0. The molecule has 0 amide bonds. The molecule has 92 valence electrons. The standard InChI is InChI=1S/C13H17NO3/c1-9-2-3-10(8-14-9)13(12(16)17)6-4-11(15)5-7-13/h2-3,8,11,15H,4-7H2,1H3,(H,16,17). The number of pyridine rings is 1. The third-order valence-corrected chi connectivity index (χ3v) is 3.68. The van der Waals surface area contributed by atoms with E-state index in [4.69, 9.17) is 0 Å². The van der Waals surface area contributed by atoms with Crippen LogP contribution in [-0.2, 0) is 10.2 Å². The number of carboxylic acid groups (broad SMARTS) is 1. The summed E-state index contributed by atoms with van der Waals surface area (Å²) in [6.45, 7) is 1.88. The van der Waals surface area contributed by atoms with Crippen LogP contribution in [0.25, 0.3) is 0 Å². The first-order valence-electron chi connectivity index (χ1n) is 5.89. The van der Waals surface area contributed by atoms with Gasteiger partial charge in [-0.2, -0.15) is 0 Å². The lowest BCUT2D eigenvalue weighted by Crippen LogP contribution is -2.40. The predicted octanol–water partition coefficient (Wildman–Crippen LogP) is 1.65. The summed E-state index contributed by atoms with van der Waals surface area (Å²) in [6.07, 6.45) is 3.34. The van der Waals surface area contributed by atoms with Gasteiger partial charge < -0.3 is 10.2 Å². The molecule has 2 rings (SSSR count). The fraction of sp³-hybridized carbons (Fsp3) is 0.538. The van der Waals surface area contributed by atoms with Crippen molar-refractivity contribution in [3.63, 3.8) is 0 Å². The molecule has 0 aromatic carbocycles. The summed E-state index contributed by atoms with van der Waals surface area (Å²) in [4.78, 5) is 15.7. The van der Waals surface area contributed by atoms with Crippen LogP contribution in [0.2, 0.25) is 0 Å². The van der Waals surface area contributed by atoms with Crippen LogP contribution in [-0.4, -0.2) is 27.3 Å². The maximum atomic E-state index is 11.6. The molecule has 0 radical (unpaired) electrons. The van der Waals surface area contributed by atoms with E-state index in [2.05, 4.69) is 4.98 Å². The van der Waals surface area contributed by atoms with Gasteiger partial charge in [-0.05, 0) is 44.2 Å². The summed E-state index contributed by atoms with van der Waals surface area (Å²) in [7, 11) is 0. The molecule has 0 saturated heterocycles. The Kier molecular flexibility index (Phi) is 3.15. The van der Waals surface area contributed by atoms with Crippen molar-refractivity contribution in [1.29, 1.82) is 0 Å². The van der Waals surface area contributed by atoms with E-state index in [1.165, 1.54) is 0 Å². The molecule has 2 N–H and O–H groups in total. The van der Waals surface area contributed by atoms with Crippen molar-refractivity contribution in [1.82, 2.24) is 4.98 Å². The van der Waals surface area contributed by atoms with Crippen LogP contribution in [0.1, 0.15) is 36.9 Å². The molecule has 0 bridgehead atoms. The Morgan fingerprint density at radius 3 is 2.53 bits per heavy atom. The molecular weight excluding hydrogens is 218 g/mol. The third kappa shape index (κ3) is 2.17. The van der Waals surface area contributed by atoms with Gasteiger partial charge in [-0.1, -0.05) is 6.07 Å². The van der Waals surface area contributed by atoms with Crippen LogP contribution in [0.15, 0.2) is 18.3 Å². The van der Waals surface area contributed by atoms with Crippen molar-refractivity contribution in [2.24, 2.45) is 0 Å². The van der Waals surface area contributed by atoms with Gasteiger partial charge in [0.05, 0.1) is 11.5 Å². The number of aryl methyl sites for hydroxylation is 1. The Labute approximate surface area is 100 Å². The SMILES string of the molecule is Cc1ccc(C2(C(=O)O)CCC(O)CC2)cn1. The van der Waals surface area contributed by atoms with Crippen LogP contribution in [0.3, 0.4) is 0 Å². The molecule has 4 nitrogen and oxygen atoms in total. The first-order chi connectivity index (χ1) is 8.04. The van der Waals surface area contributed by atoms with Crippen LogP contribution in [0.4, 0.5) is 0 Å². The third-order valence-electron chi connectivity index (χ3n) is 3.68. The number of aromatic nitrogens is 1. The van der Waals surface area contributed by atoms with E-state index in [-0.39, 0.29) is 6.10 Å². The first kappa shape index (κ1) is 12.0. The lowest BCUT2D eigenvalue weighted by Gasteiger charge is -2.35. The molecule has 0 unspecified atom stereocenters. The molecule has 4 heteroatoms. The Balaban J connectivity index is 2.35. The number of aliphatic hydroxyl groups excluding tert-OH is 1. The topological polar surface area (TPSA) is 70.4 Å². The number of carbonyl (C=O) groups is 1. The second kappa shape index (κ2) is 4.45. The molecule has 0 aliphatic heterocycles. The molecule has 0 atom stereocenters. The van der Waals surface area contributed by atoms with E-state index in [0.29, 0.717) is 25.7 Å². The smallest absolute Gasteiger partial charge is 0.314 e. The first-order valence-corrected chi connectivity index (χ1v) is 5.89. The van der Waals surface area contributed by atoms with Crippen LogP contribution >= 0.6 is 0 Å². The molecular formula is C13H17NO3. The van der Waals surface area contributed by atoms with Gasteiger partial charge in [0.2, 0.25) is 0 Å². The monoisotopic (exact) mass is 235 g/mol. The van der Waals surface area contributed by atoms with Crippen molar-refractivity contribution in [2.45, 2.75) is 44.1 Å². The Morgan fingerprint density at radius 1 is 1.41 bits per heavy atom. The number of carboxylic acids is 1. The fourth-order valence-corrected chi connectivity index (χ4v) is 2.47. The lowest BCUT2D eigenvalue weighted by atomic mass is 9.69. The Bertz CT molecular complexity index is 405. The van der Waals surface area contributed by atoms with Gasteiger partial charge in [0.15, 0.2) is 0 Å². The van der Waals surface area contributed by atoms with E-state index in [1.54, 1.807) is 6.20 Å². The fourth-order valence-electron chi connectivity index (χ4n) is 2.47.